The second-order valence-corrected chi connectivity index (χ2v) is 0.877. The Kier molecular flexibility index (Phi) is 4.87. The molecular formula is C6H8O. The van der Waals surface area contributed by atoms with Gasteiger partial charge in [0.1, 0.15) is 12.7 Å². The van der Waals surface area contributed by atoms with Crippen molar-refractivity contribution < 1.29 is 4.74 Å². The number of hydrogen-bond donors (Lipinski definition) is 0. The first-order valence-electron chi connectivity index (χ1n) is 2.10. The standard InChI is InChI=1S/C6H8O/c1-3-5-6-7-4-2/h1-4H2. The van der Waals surface area contributed by atoms with Gasteiger partial charge in [-0.1, -0.05) is 5.92 Å². The third-order valence-electron chi connectivity index (χ3n) is 0.371. The summed E-state index contributed by atoms with van der Waals surface area (Å²) < 4.78 is 4.56. The van der Waals surface area contributed by atoms with Crippen LogP contribution in [0, 0.1) is 25.9 Å². The highest BCUT2D eigenvalue weighted by atomic mass is 16.5. The summed E-state index contributed by atoms with van der Waals surface area (Å²) in [4.78, 5) is 0. The molecule has 1 heteroatoms. The zero-order valence-electron chi connectivity index (χ0n) is 4.24. The molecule has 38 valence electrons. The van der Waals surface area contributed by atoms with Crippen LogP contribution in [0.15, 0.2) is 0 Å². The minimum atomic E-state index is 0.410. The topological polar surface area (TPSA) is 9.23 Å². The molecule has 0 spiro atoms. The van der Waals surface area contributed by atoms with E-state index in [4.69, 9.17) is 0 Å². The maximum absolute atomic E-state index is 4.56. The third kappa shape index (κ3) is 5.36. The summed E-state index contributed by atoms with van der Waals surface area (Å²) in [6.45, 7) is 7.31. The highest BCUT2D eigenvalue weighted by molar-refractivity contribution is 4.91. The number of rotatable bonds is 1. The molecule has 0 amide bonds. The molecule has 0 fully saturated rings. The lowest BCUT2D eigenvalue weighted by Gasteiger charge is -1.81. The van der Waals surface area contributed by atoms with Gasteiger partial charge in [-0.3, -0.25) is 0 Å². The molecule has 0 aromatic carbocycles. The minimum Gasteiger partial charge on any atom is -0.447 e. The molecule has 0 aromatic heterocycles. The van der Waals surface area contributed by atoms with Crippen LogP contribution in [0.5, 0.6) is 0 Å². The number of ether oxygens (including phenoxy) is 1. The average molecular weight is 96.1 g/mol. The van der Waals surface area contributed by atoms with Crippen molar-refractivity contribution in [3.63, 3.8) is 0 Å². The fourth-order valence-electron chi connectivity index (χ4n) is 0.153. The van der Waals surface area contributed by atoms with Crippen LogP contribution in [0.4, 0.5) is 0 Å². The van der Waals surface area contributed by atoms with E-state index in [1.807, 2.05) is 0 Å². The summed E-state index contributed by atoms with van der Waals surface area (Å²) in [5.74, 6) is 2.63. The van der Waals surface area contributed by atoms with Crippen molar-refractivity contribution in [2.45, 2.75) is 6.42 Å². The lowest BCUT2D eigenvalue weighted by atomic mass is 10.5. The monoisotopic (exact) mass is 96.1 g/mol. The van der Waals surface area contributed by atoms with Gasteiger partial charge in [-0.15, -0.1) is 0 Å². The lowest BCUT2D eigenvalue weighted by molar-refractivity contribution is 0.319. The minimum absolute atomic E-state index is 0.410. The molecule has 0 heterocycles. The molecule has 0 aromatic rings. The number of hydrogen-bond acceptors (Lipinski definition) is 1. The molecule has 0 bridgehead atoms. The maximum Gasteiger partial charge on any atom is 0.110 e. The second-order valence-electron chi connectivity index (χ2n) is 0.877. The van der Waals surface area contributed by atoms with Crippen molar-refractivity contribution in [2.75, 3.05) is 6.61 Å². The Labute approximate surface area is 44.7 Å². The van der Waals surface area contributed by atoms with Crippen molar-refractivity contribution in [2.24, 2.45) is 0 Å². The van der Waals surface area contributed by atoms with Gasteiger partial charge in [0, 0.05) is 6.42 Å². The van der Waals surface area contributed by atoms with Crippen molar-refractivity contribution >= 4 is 0 Å². The Bertz CT molecular complexity index is 75.9. The van der Waals surface area contributed by atoms with Gasteiger partial charge in [-0.25, -0.2) is 0 Å². The normalized spacial score (nSPS) is 6.57. The van der Waals surface area contributed by atoms with Crippen molar-refractivity contribution in [3.8, 4) is 12.0 Å². The molecular weight excluding hydrogens is 88.1 g/mol. The van der Waals surface area contributed by atoms with E-state index in [0.29, 0.717) is 13.0 Å². The van der Waals surface area contributed by atoms with Crippen LogP contribution in [0.2, 0.25) is 0 Å². The molecule has 0 saturated carbocycles. The van der Waals surface area contributed by atoms with Gasteiger partial charge in [0.25, 0.3) is 0 Å². The fourth-order valence-corrected chi connectivity index (χ4v) is 0.153. The van der Waals surface area contributed by atoms with Gasteiger partial charge in [0.05, 0.1) is 0 Å². The molecule has 0 aliphatic heterocycles. The van der Waals surface area contributed by atoms with Crippen LogP contribution in [0.3, 0.4) is 0 Å². The van der Waals surface area contributed by atoms with Gasteiger partial charge < -0.3 is 4.74 Å². The molecule has 0 atom stereocenters. The first-order valence-corrected chi connectivity index (χ1v) is 2.10. The second kappa shape index (κ2) is 5.36. The van der Waals surface area contributed by atoms with Gasteiger partial charge in [0.2, 0.25) is 0 Å². The Morgan fingerprint density at radius 2 is 2.14 bits per heavy atom. The molecule has 0 saturated heterocycles. The van der Waals surface area contributed by atoms with Gasteiger partial charge in [-0.2, -0.15) is 0 Å². The summed E-state index contributed by atoms with van der Waals surface area (Å²) >= 11 is 0. The van der Waals surface area contributed by atoms with Crippen LogP contribution < -0.4 is 0 Å². The highest BCUT2D eigenvalue weighted by Gasteiger charge is 1.63. The quantitative estimate of drug-likeness (QED) is 0.443. The van der Waals surface area contributed by atoms with Gasteiger partial charge >= 0.3 is 0 Å². The van der Waals surface area contributed by atoms with Crippen molar-refractivity contribution in [3.05, 3.63) is 13.8 Å². The Balaban J connectivity index is 2.91. The Morgan fingerprint density at radius 1 is 1.43 bits per heavy atom. The Hall–Kier alpha value is -0.640. The van der Waals surface area contributed by atoms with E-state index in [1.165, 1.54) is 0 Å². The largest absolute Gasteiger partial charge is 0.447 e. The van der Waals surface area contributed by atoms with E-state index >= 15 is 0 Å². The fraction of sp³-hybridized carbons (Fsp3) is 0.333. The Morgan fingerprint density at radius 3 is 2.57 bits per heavy atom. The molecule has 0 aliphatic carbocycles. The van der Waals surface area contributed by atoms with Gasteiger partial charge in [-0.05, 0) is 13.8 Å². The average Bonchev–Trinajstić information content (AvgIpc) is 1.69. The van der Waals surface area contributed by atoms with Crippen LogP contribution in [-0.2, 0) is 4.74 Å². The molecule has 1 nitrogen and oxygen atoms in total. The summed E-state index contributed by atoms with van der Waals surface area (Å²) in [6, 6.07) is 0. The predicted molar refractivity (Wildman–Crippen MR) is 29.1 cm³/mol. The van der Waals surface area contributed by atoms with Crippen LogP contribution in [-0.4, -0.2) is 6.61 Å². The van der Waals surface area contributed by atoms with E-state index in [-0.39, 0.29) is 0 Å². The van der Waals surface area contributed by atoms with Crippen LogP contribution >= 0.6 is 0 Å². The third-order valence-corrected chi connectivity index (χ3v) is 0.371. The predicted octanol–water partition coefficient (Wildman–Crippen LogP) is 1.02. The van der Waals surface area contributed by atoms with E-state index in [2.05, 4.69) is 30.6 Å². The lowest BCUT2D eigenvalue weighted by Crippen LogP contribution is -1.76. The van der Waals surface area contributed by atoms with Crippen LogP contribution in [0.1, 0.15) is 6.42 Å². The van der Waals surface area contributed by atoms with E-state index in [1.54, 1.807) is 0 Å². The van der Waals surface area contributed by atoms with E-state index in [9.17, 15) is 0 Å². The smallest absolute Gasteiger partial charge is 0.110 e. The maximum atomic E-state index is 4.56. The molecule has 0 aliphatic rings. The molecule has 0 N–H and O–H groups in total. The van der Waals surface area contributed by atoms with Crippen LogP contribution in [0.25, 0.3) is 0 Å². The van der Waals surface area contributed by atoms with Crippen molar-refractivity contribution in [1.29, 1.82) is 0 Å². The molecule has 2 radical (unpaired) electrons. The summed E-state index contributed by atoms with van der Waals surface area (Å²) in [5, 5.41) is 0. The van der Waals surface area contributed by atoms with E-state index < -0.39 is 0 Å². The molecule has 7 heavy (non-hydrogen) atoms. The zero-order chi connectivity index (χ0) is 5.54. The zero-order valence-corrected chi connectivity index (χ0v) is 4.24. The first-order chi connectivity index (χ1) is 3.41. The molecule has 0 unspecified atom stereocenters. The summed E-state index contributed by atoms with van der Waals surface area (Å²) in [6.07, 6.45) is 3.01. The summed E-state index contributed by atoms with van der Waals surface area (Å²) in [7, 11) is 0. The first kappa shape index (κ1) is 6.36. The van der Waals surface area contributed by atoms with E-state index in [0.717, 1.165) is 0 Å². The molecule has 0 rings (SSSR count). The van der Waals surface area contributed by atoms with Gasteiger partial charge in [0.15, 0.2) is 0 Å². The summed E-state index contributed by atoms with van der Waals surface area (Å²) in [5.41, 5.74) is 0. The highest BCUT2D eigenvalue weighted by Crippen LogP contribution is 1.67. The van der Waals surface area contributed by atoms with Crippen molar-refractivity contribution in [1.82, 2.24) is 0 Å². The SMILES string of the molecule is [CH2]CC#COC[CH2].